The highest BCUT2D eigenvalue weighted by atomic mass is 16.5. The molecule has 0 heterocycles. The molecule has 0 saturated heterocycles. The zero-order valence-corrected chi connectivity index (χ0v) is 11.7. The number of nitrogens with one attached hydrogen (secondary N) is 1. The van der Waals surface area contributed by atoms with Crippen LogP contribution in [0.25, 0.3) is 0 Å². The third-order valence-corrected chi connectivity index (χ3v) is 3.70. The standard InChI is InChI=1S/C15H24N2O/c1-16-11-15(7-8-15)12-17(2)10-13-5-4-6-14(9-13)18-3/h4-6,9,16H,7-8,10-12H2,1-3H3. The van der Waals surface area contributed by atoms with Crippen LogP contribution < -0.4 is 10.1 Å². The maximum atomic E-state index is 5.26. The Balaban J connectivity index is 1.88. The molecule has 0 spiro atoms. The van der Waals surface area contributed by atoms with E-state index >= 15 is 0 Å². The fourth-order valence-electron chi connectivity index (χ4n) is 2.65. The van der Waals surface area contributed by atoms with Gasteiger partial charge in [0.15, 0.2) is 0 Å². The molecule has 0 bridgehead atoms. The zero-order valence-electron chi connectivity index (χ0n) is 11.7. The van der Waals surface area contributed by atoms with Gasteiger partial charge >= 0.3 is 0 Å². The summed E-state index contributed by atoms with van der Waals surface area (Å²) < 4.78 is 5.26. The van der Waals surface area contributed by atoms with E-state index < -0.39 is 0 Å². The Labute approximate surface area is 110 Å². The van der Waals surface area contributed by atoms with Crippen molar-refractivity contribution in [3.63, 3.8) is 0 Å². The maximum absolute atomic E-state index is 5.26. The Hall–Kier alpha value is -1.06. The highest BCUT2D eigenvalue weighted by molar-refractivity contribution is 5.28. The van der Waals surface area contributed by atoms with E-state index in [2.05, 4.69) is 35.5 Å². The average molecular weight is 248 g/mol. The van der Waals surface area contributed by atoms with Gasteiger partial charge in [-0.25, -0.2) is 0 Å². The molecule has 1 aromatic carbocycles. The summed E-state index contributed by atoms with van der Waals surface area (Å²) in [6, 6.07) is 8.33. The van der Waals surface area contributed by atoms with E-state index in [1.54, 1.807) is 7.11 Å². The van der Waals surface area contributed by atoms with Crippen molar-refractivity contribution >= 4 is 0 Å². The number of hydrogen-bond donors (Lipinski definition) is 1. The van der Waals surface area contributed by atoms with E-state index in [1.165, 1.54) is 24.9 Å². The molecular formula is C15H24N2O. The van der Waals surface area contributed by atoms with Crippen molar-refractivity contribution in [1.82, 2.24) is 10.2 Å². The molecule has 1 saturated carbocycles. The summed E-state index contributed by atoms with van der Waals surface area (Å²) in [5, 5.41) is 3.31. The lowest BCUT2D eigenvalue weighted by atomic mass is 10.1. The third kappa shape index (κ3) is 3.47. The van der Waals surface area contributed by atoms with Gasteiger partial charge in [0, 0.05) is 19.6 Å². The van der Waals surface area contributed by atoms with Crippen molar-refractivity contribution in [1.29, 1.82) is 0 Å². The first kappa shape index (κ1) is 13.4. The van der Waals surface area contributed by atoms with Crippen molar-refractivity contribution in [2.24, 2.45) is 5.41 Å². The lowest BCUT2D eigenvalue weighted by molar-refractivity contribution is 0.252. The van der Waals surface area contributed by atoms with Crippen LogP contribution in [0.2, 0.25) is 0 Å². The van der Waals surface area contributed by atoms with Gasteiger partial charge in [-0.2, -0.15) is 0 Å². The summed E-state index contributed by atoms with van der Waals surface area (Å²) in [5.41, 5.74) is 1.85. The van der Waals surface area contributed by atoms with Crippen LogP contribution in [0.1, 0.15) is 18.4 Å². The third-order valence-electron chi connectivity index (χ3n) is 3.70. The van der Waals surface area contributed by atoms with Crippen molar-refractivity contribution in [3.05, 3.63) is 29.8 Å². The van der Waals surface area contributed by atoms with Crippen LogP contribution in [0.3, 0.4) is 0 Å². The van der Waals surface area contributed by atoms with Gasteiger partial charge in [0.1, 0.15) is 5.75 Å². The molecule has 0 radical (unpaired) electrons. The smallest absolute Gasteiger partial charge is 0.119 e. The van der Waals surface area contributed by atoms with Crippen molar-refractivity contribution < 1.29 is 4.74 Å². The van der Waals surface area contributed by atoms with Crippen LogP contribution in [0.5, 0.6) is 5.75 Å². The molecule has 0 aliphatic heterocycles. The molecule has 1 aliphatic rings. The Morgan fingerprint density at radius 2 is 2.17 bits per heavy atom. The zero-order chi connectivity index (χ0) is 13.0. The summed E-state index contributed by atoms with van der Waals surface area (Å²) in [7, 11) is 5.96. The fourth-order valence-corrected chi connectivity index (χ4v) is 2.65. The highest BCUT2D eigenvalue weighted by Gasteiger charge is 2.42. The van der Waals surface area contributed by atoms with E-state index in [-0.39, 0.29) is 0 Å². The predicted octanol–water partition coefficient (Wildman–Crippen LogP) is 2.13. The van der Waals surface area contributed by atoms with Crippen molar-refractivity contribution in [2.75, 3.05) is 34.3 Å². The number of ether oxygens (including phenoxy) is 1. The predicted molar refractivity (Wildman–Crippen MR) is 74.9 cm³/mol. The molecule has 1 fully saturated rings. The molecule has 1 aromatic rings. The number of benzene rings is 1. The molecule has 0 unspecified atom stereocenters. The summed E-state index contributed by atoms with van der Waals surface area (Å²) in [4.78, 5) is 2.42. The maximum Gasteiger partial charge on any atom is 0.119 e. The van der Waals surface area contributed by atoms with Gasteiger partial charge in [-0.05, 0) is 50.0 Å². The normalized spacial score (nSPS) is 16.9. The highest BCUT2D eigenvalue weighted by Crippen LogP contribution is 2.45. The van der Waals surface area contributed by atoms with Crippen molar-refractivity contribution in [2.45, 2.75) is 19.4 Å². The Morgan fingerprint density at radius 3 is 2.78 bits per heavy atom. The lowest BCUT2D eigenvalue weighted by Crippen LogP contribution is -2.32. The van der Waals surface area contributed by atoms with E-state index in [0.717, 1.165) is 18.8 Å². The second-order valence-electron chi connectivity index (χ2n) is 5.55. The first-order chi connectivity index (χ1) is 8.67. The van der Waals surface area contributed by atoms with Crippen LogP contribution in [0.4, 0.5) is 0 Å². The molecule has 100 valence electrons. The Bertz CT molecular complexity index is 388. The number of hydrogen-bond acceptors (Lipinski definition) is 3. The molecule has 0 atom stereocenters. The molecule has 3 heteroatoms. The van der Waals surface area contributed by atoms with Crippen LogP contribution in [0, 0.1) is 5.41 Å². The van der Waals surface area contributed by atoms with E-state index in [9.17, 15) is 0 Å². The summed E-state index contributed by atoms with van der Waals surface area (Å²) in [6.45, 7) is 3.29. The first-order valence-corrected chi connectivity index (χ1v) is 6.63. The summed E-state index contributed by atoms with van der Waals surface area (Å²) in [5.74, 6) is 0.942. The van der Waals surface area contributed by atoms with Crippen LogP contribution in [-0.4, -0.2) is 39.2 Å². The van der Waals surface area contributed by atoms with E-state index in [0.29, 0.717) is 5.41 Å². The number of rotatable bonds is 7. The SMILES string of the molecule is CNCC1(CN(C)Cc2cccc(OC)c2)CC1. The molecular weight excluding hydrogens is 224 g/mol. The summed E-state index contributed by atoms with van der Waals surface area (Å²) >= 11 is 0. The van der Waals surface area contributed by atoms with Crippen LogP contribution >= 0.6 is 0 Å². The topological polar surface area (TPSA) is 24.5 Å². The van der Waals surface area contributed by atoms with Crippen molar-refractivity contribution in [3.8, 4) is 5.75 Å². The molecule has 0 amide bonds. The van der Waals surface area contributed by atoms with Gasteiger partial charge in [-0.3, -0.25) is 0 Å². The monoisotopic (exact) mass is 248 g/mol. The van der Waals surface area contributed by atoms with Gasteiger partial charge in [0.25, 0.3) is 0 Å². The number of methoxy groups -OCH3 is 1. The van der Waals surface area contributed by atoms with E-state index in [1.807, 2.05) is 13.1 Å². The molecule has 0 aromatic heterocycles. The van der Waals surface area contributed by atoms with Gasteiger partial charge in [0.2, 0.25) is 0 Å². The number of nitrogens with zero attached hydrogens (tertiary/aromatic N) is 1. The Kier molecular flexibility index (Phi) is 4.25. The average Bonchev–Trinajstić information content (AvgIpc) is 3.09. The second-order valence-corrected chi connectivity index (χ2v) is 5.55. The molecule has 2 rings (SSSR count). The minimum absolute atomic E-state index is 0.530. The van der Waals surface area contributed by atoms with Gasteiger partial charge < -0.3 is 15.0 Å². The van der Waals surface area contributed by atoms with Gasteiger partial charge in [-0.15, -0.1) is 0 Å². The second kappa shape index (κ2) is 5.72. The van der Waals surface area contributed by atoms with Crippen LogP contribution in [0.15, 0.2) is 24.3 Å². The quantitative estimate of drug-likeness (QED) is 0.800. The Morgan fingerprint density at radius 1 is 1.39 bits per heavy atom. The molecule has 18 heavy (non-hydrogen) atoms. The molecule has 3 nitrogen and oxygen atoms in total. The largest absolute Gasteiger partial charge is 0.497 e. The fraction of sp³-hybridized carbons (Fsp3) is 0.600. The molecule has 1 aliphatic carbocycles. The van der Waals surface area contributed by atoms with Gasteiger partial charge in [-0.1, -0.05) is 12.1 Å². The summed E-state index contributed by atoms with van der Waals surface area (Å²) in [6.07, 6.45) is 2.71. The minimum atomic E-state index is 0.530. The molecule has 1 N–H and O–H groups in total. The minimum Gasteiger partial charge on any atom is -0.497 e. The lowest BCUT2D eigenvalue weighted by Gasteiger charge is -2.23. The van der Waals surface area contributed by atoms with Gasteiger partial charge in [0.05, 0.1) is 7.11 Å². The van der Waals surface area contributed by atoms with E-state index in [4.69, 9.17) is 4.74 Å². The van der Waals surface area contributed by atoms with Crippen LogP contribution in [-0.2, 0) is 6.54 Å². The first-order valence-electron chi connectivity index (χ1n) is 6.63.